The molecule has 0 atom stereocenters. The van der Waals surface area contributed by atoms with E-state index in [2.05, 4.69) is 10.2 Å². The number of piperazine rings is 1. The molecule has 0 unspecified atom stereocenters. The third-order valence-electron chi connectivity index (χ3n) is 3.98. The number of nitrogens with two attached hydrogens (primary N) is 1. The molecule has 24 heavy (non-hydrogen) atoms. The Morgan fingerprint density at radius 2 is 2.12 bits per heavy atom. The molecular formula is C17H23N5O2. The second-order valence-corrected chi connectivity index (χ2v) is 5.76. The summed E-state index contributed by atoms with van der Waals surface area (Å²) >= 11 is 0. The number of aryl methyl sites for hydroxylation is 1. The molecule has 7 heteroatoms. The van der Waals surface area contributed by atoms with Gasteiger partial charge in [0, 0.05) is 45.5 Å². The molecule has 1 aromatic carbocycles. The third kappa shape index (κ3) is 4.47. The summed E-state index contributed by atoms with van der Waals surface area (Å²) in [5.41, 5.74) is 6.93. The van der Waals surface area contributed by atoms with Gasteiger partial charge in [-0.05, 0) is 24.6 Å². The predicted octanol–water partition coefficient (Wildman–Crippen LogP) is 0.623. The number of nitrogens with one attached hydrogen (secondary N) is 1. The van der Waals surface area contributed by atoms with E-state index in [9.17, 15) is 15.2 Å². The van der Waals surface area contributed by atoms with Crippen LogP contribution in [0.25, 0.3) is 0 Å². The van der Waals surface area contributed by atoms with Crippen molar-refractivity contribution >= 4 is 11.6 Å². The quantitative estimate of drug-likeness (QED) is 0.415. The zero-order valence-electron chi connectivity index (χ0n) is 13.8. The normalized spacial score (nSPS) is 15.9. The Kier molecular flexibility index (Phi) is 6.18. The molecule has 0 aromatic heterocycles. The highest BCUT2D eigenvalue weighted by molar-refractivity contribution is 5.97. The third-order valence-corrected chi connectivity index (χ3v) is 3.98. The fourth-order valence-electron chi connectivity index (χ4n) is 2.58. The minimum atomic E-state index is -0.302. The molecule has 1 aromatic rings. The molecule has 0 spiro atoms. The number of carbonyl (C=O) groups is 1. The number of benzene rings is 1. The van der Waals surface area contributed by atoms with Crippen molar-refractivity contribution in [1.82, 2.24) is 9.80 Å². The summed E-state index contributed by atoms with van der Waals surface area (Å²) in [6, 6.07) is 7.07. The molecule has 1 aliphatic rings. The van der Waals surface area contributed by atoms with E-state index in [4.69, 9.17) is 5.73 Å². The van der Waals surface area contributed by atoms with Crippen molar-refractivity contribution in [1.29, 1.82) is 5.26 Å². The van der Waals surface area contributed by atoms with Gasteiger partial charge in [0.05, 0.1) is 5.69 Å². The Morgan fingerprint density at radius 1 is 1.42 bits per heavy atom. The molecular weight excluding hydrogens is 306 g/mol. The smallest absolute Gasteiger partial charge is 0.266 e. The van der Waals surface area contributed by atoms with Crippen molar-refractivity contribution in [2.45, 2.75) is 6.92 Å². The van der Waals surface area contributed by atoms with E-state index in [1.165, 1.54) is 6.20 Å². The molecule has 1 amide bonds. The van der Waals surface area contributed by atoms with Gasteiger partial charge >= 0.3 is 0 Å². The van der Waals surface area contributed by atoms with Crippen LogP contribution in [0.5, 0.6) is 5.75 Å². The highest BCUT2D eigenvalue weighted by Crippen LogP contribution is 2.24. The predicted molar refractivity (Wildman–Crippen MR) is 92.2 cm³/mol. The van der Waals surface area contributed by atoms with E-state index in [1.807, 2.05) is 19.1 Å². The second-order valence-electron chi connectivity index (χ2n) is 5.76. The summed E-state index contributed by atoms with van der Waals surface area (Å²) in [6.07, 6.45) is 1.35. The Morgan fingerprint density at radius 3 is 2.71 bits per heavy atom. The molecule has 0 bridgehead atoms. The molecule has 7 nitrogen and oxygen atoms in total. The maximum atomic E-state index is 12.4. The highest BCUT2D eigenvalue weighted by atomic mass is 16.3. The lowest BCUT2D eigenvalue weighted by atomic mass is 10.2. The summed E-state index contributed by atoms with van der Waals surface area (Å²) in [4.78, 5) is 16.3. The Bertz CT molecular complexity index is 657. The second kappa shape index (κ2) is 8.34. The Labute approximate surface area is 142 Å². The van der Waals surface area contributed by atoms with Crippen LogP contribution >= 0.6 is 0 Å². The van der Waals surface area contributed by atoms with Crippen LogP contribution in [0, 0.1) is 18.3 Å². The van der Waals surface area contributed by atoms with Crippen molar-refractivity contribution in [3.63, 3.8) is 0 Å². The molecule has 0 saturated carbocycles. The minimum Gasteiger partial charge on any atom is -0.506 e. The van der Waals surface area contributed by atoms with Crippen molar-refractivity contribution < 1.29 is 9.90 Å². The van der Waals surface area contributed by atoms with Crippen molar-refractivity contribution in [3.8, 4) is 11.8 Å². The van der Waals surface area contributed by atoms with E-state index >= 15 is 0 Å². The van der Waals surface area contributed by atoms with Crippen LogP contribution in [0.3, 0.4) is 0 Å². The van der Waals surface area contributed by atoms with Gasteiger partial charge in [0.15, 0.2) is 0 Å². The average molecular weight is 329 g/mol. The first-order valence-electron chi connectivity index (χ1n) is 7.93. The van der Waals surface area contributed by atoms with E-state index in [1.54, 1.807) is 17.0 Å². The van der Waals surface area contributed by atoms with Crippen LogP contribution in [0.1, 0.15) is 5.56 Å². The van der Waals surface area contributed by atoms with E-state index in [0.29, 0.717) is 25.3 Å². The number of hydrogen-bond acceptors (Lipinski definition) is 6. The Balaban J connectivity index is 2.00. The number of hydrogen-bond donors (Lipinski definition) is 3. The van der Waals surface area contributed by atoms with Crippen LogP contribution in [0.4, 0.5) is 5.69 Å². The first-order chi connectivity index (χ1) is 11.5. The van der Waals surface area contributed by atoms with Gasteiger partial charge in [-0.1, -0.05) is 6.07 Å². The summed E-state index contributed by atoms with van der Waals surface area (Å²) in [5.74, 6) is -0.226. The summed E-state index contributed by atoms with van der Waals surface area (Å²) in [7, 11) is 0. The zero-order chi connectivity index (χ0) is 17.5. The van der Waals surface area contributed by atoms with Gasteiger partial charge in [-0.15, -0.1) is 0 Å². The molecule has 4 N–H and O–H groups in total. The number of anilines is 1. The van der Waals surface area contributed by atoms with Crippen LogP contribution in [0.15, 0.2) is 30.0 Å². The highest BCUT2D eigenvalue weighted by Gasteiger charge is 2.23. The summed E-state index contributed by atoms with van der Waals surface area (Å²) in [5, 5.41) is 21.9. The van der Waals surface area contributed by atoms with Crippen LogP contribution < -0.4 is 11.1 Å². The fraction of sp³-hybridized carbons (Fsp3) is 0.412. The number of nitriles is 1. The Hall–Kier alpha value is -2.56. The van der Waals surface area contributed by atoms with E-state index in [0.717, 1.165) is 25.2 Å². The van der Waals surface area contributed by atoms with Crippen LogP contribution in [-0.4, -0.2) is 60.1 Å². The lowest BCUT2D eigenvalue weighted by Gasteiger charge is -2.34. The standard InChI is InChI=1S/C17H23N5O2/c1-13-2-3-15(16(23)10-13)20-12-14(11-19)17(24)22-8-6-21(5-4-18)7-9-22/h2-3,10,12,20,23H,4-9,18H2,1H3/b14-12-. The van der Waals surface area contributed by atoms with Gasteiger partial charge in [-0.3, -0.25) is 9.69 Å². The van der Waals surface area contributed by atoms with Gasteiger partial charge in [-0.2, -0.15) is 5.26 Å². The fourth-order valence-corrected chi connectivity index (χ4v) is 2.58. The molecule has 128 valence electrons. The first-order valence-corrected chi connectivity index (χ1v) is 7.93. The van der Waals surface area contributed by atoms with Gasteiger partial charge in [0.25, 0.3) is 5.91 Å². The number of aromatic hydroxyl groups is 1. The van der Waals surface area contributed by atoms with Crippen molar-refractivity contribution in [3.05, 3.63) is 35.5 Å². The molecule has 2 rings (SSSR count). The molecule has 1 aliphatic heterocycles. The van der Waals surface area contributed by atoms with E-state index < -0.39 is 0 Å². The van der Waals surface area contributed by atoms with Crippen molar-refractivity contribution in [2.75, 3.05) is 44.6 Å². The monoisotopic (exact) mass is 329 g/mol. The topological polar surface area (TPSA) is 106 Å². The number of amides is 1. The number of nitrogens with zero attached hydrogens (tertiary/aromatic N) is 3. The van der Waals surface area contributed by atoms with Crippen LogP contribution in [0.2, 0.25) is 0 Å². The number of rotatable bonds is 5. The lowest BCUT2D eigenvalue weighted by molar-refractivity contribution is -0.128. The molecule has 1 saturated heterocycles. The van der Waals surface area contributed by atoms with E-state index in [-0.39, 0.29) is 17.2 Å². The SMILES string of the molecule is Cc1ccc(N/C=C(/C#N)C(=O)N2CCN(CCN)CC2)c(O)c1. The number of phenols is 1. The first kappa shape index (κ1) is 17.8. The average Bonchev–Trinajstić information content (AvgIpc) is 2.58. The molecule has 0 aliphatic carbocycles. The lowest BCUT2D eigenvalue weighted by Crippen LogP contribution is -2.50. The number of carbonyl (C=O) groups excluding carboxylic acids is 1. The van der Waals surface area contributed by atoms with Crippen molar-refractivity contribution in [2.24, 2.45) is 5.73 Å². The van der Waals surface area contributed by atoms with Gasteiger partial charge < -0.3 is 21.1 Å². The maximum absolute atomic E-state index is 12.4. The largest absolute Gasteiger partial charge is 0.506 e. The van der Waals surface area contributed by atoms with Crippen LogP contribution in [-0.2, 0) is 4.79 Å². The molecule has 1 heterocycles. The summed E-state index contributed by atoms with van der Waals surface area (Å²) in [6.45, 7) is 5.95. The zero-order valence-corrected chi connectivity index (χ0v) is 13.8. The summed E-state index contributed by atoms with van der Waals surface area (Å²) < 4.78 is 0. The maximum Gasteiger partial charge on any atom is 0.266 e. The molecule has 0 radical (unpaired) electrons. The van der Waals surface area contributed by atoms with Gasteiger partial charge in [-0.25, -0.2) is 0 Å². The minimum absolute atomic E-state index is 0.0160. The van der Waals surface area contributed by atoms with Gasteiger partial charge in [0.2, 0.25) is 0 Å². The number of phenolic OH excluding ortho intramolecular Hbond substituents is 1. The molecule has 1 fully saturated rings. The van der Waals surface area contributed by atoms with Gasteiger partial charge in [0.1, 0.15) is 17.4 Å².